The average Bonchev–Trinajstić information content (AvgIpc) is 2.59. The van der Waals surface area contributed by atoms with Gasteiger partial charge in [-0.05, 0) is 17.7 Å². The van der Waals surface area contributed by atoms with Crippen LogP contribution in [-0.4, -0.2) is 18.4 Å². The molecular weight excluding hydrogens is 276 g/mol. The van der Waals surface area contributed by atoms with Gasteiger partial charge in [0.05, 0.1) is 13.1 Å². The fourth-order valence-electron chi connectivity index (χ4n) is 2.09. The number of amides is 2. The van der Waals surface area contributed by atoms with Gasteiger partial charge in [-0.2, -0.15) is 0 Å². The molecule has 0 heterocycles. The summed E-state index contributed by atoms with van der Waals surface area (Å²) < 4.78 is 0. The maximum Gasteiger partial charge on any atom is 0.246 e. The molecule has 0 saturated heterocycles. The first kappa shape index (κ1) is 15.8. The summed E-state index contributed by atoms with van der Waals surface area (Å²) in [7, 11) is 0. The van der Waals surface area contributed by atoms with E-state index >= 15 is 0 Å². The van der Waals surface area contributed by atoms with Crippen LogP contribution in [0.4, 0.5) is 5.69 Å². The van der Waals surface area contributed by atoms with Crippen molar-refractivity contribution < 1.29 is 9.59 Å². The summed E-state index contributed by atoms with van der Waals surface area (Å²) in [5, 5.41) is 2.64. The highest BCUT2D eigenvalue weighted by molar-refractivity contribution is 5.96. The lowest BCUT2D eigenvalue weighted by Crippen LogP contribution is -2.39. The van der Waals surface area contributed by atoms with Crippen molar-refractivity contribution in [3.05, 3.63) is 66.2 Å². The Hall–Kier alpha value is -2.62. The second-order valence-corrected chi connectivity index (χ2v) is 4.93. The smallest absolute Gasteiger partial charge is 0.246 e. The van der Waals surface area contributed by atoms with Gasteiger partial charge in [-0.15, -0.1) is 0 Å². The van der Waals surface area contributed by atoms with E-state index in [0.717, 1.165) is 11.3 Å². The van der Waals surface area contributed by atoms with E-state index in [2.05, 4.69) is 5.32 Å². The van der Waals surface area contributed by atoms with Gasteiger partial charge >= 0.3 is 0 Å². The second kappa shape index (κ2) is 7.98. The van der Waals surface area contributed by atoms with E-state index in [1.165, 1.54) is 0 Å². The number of anilines is 1. The molecule has 2 amide bonds. The number of nitrogens with zero attached hydrogens (tertiary/aromatic N) is 1. The molecule has 1 N–H and O–H groups in total. The number of para-hydroxylation sites is 1. The Bertz CT molecular complexity index is 611. The standard InChI is InChI=1S/C18H20N2O2/c1-2-17(21)19-13-18(22)20(16-11-7-4-8-12-16)14-15-9-5-3-6-10-15/h3-12H,2,13-14H2,1H3,(H,19,21). The highest BCUT2D eigenvalue weighted by Crippen LogP contribution is 2.16. The summed E-state index contributed by atoms with van der Waals surface area (Å²) in [6, 6.07) is 19.3. The molecule has 0 aliphatic rings. The van der Waals surface area contributed by atoms with E-state index in [1.54, 1.807) is 11.8 Å². The van der Waals surface area contributed by atoms with Crippen LogP contribution in [0.15, 0.2) is 60.7 Å². The first-order chi connectivity index (χ1) is 10.7. The minimum Gasteiger partial charge on any atom is -0.347 e. The molecule has 0 fully saturated rings. The number of carbonyl (C=O) groups is 2. The molecular formula is C18H20N2O2. The molecule has 4 nitrogen and oxygen atoms in total. The molecule has 0 unspecified atom stereocenters. The Morgan fingerprint density at radius 1 is 0.955 bits per heavy atom. The van der Waals surface area contributed by atoms with Crippen LogP contribution in [0.5, 0.6) is 0 Å². The van der Waals surface area contributed by atoms with Crippen molar-refractivity contribution in [1.29, 1.82) is 0 Å². The van der Waals surface area contributed by atoms with E-state index in [-0.39, 0.29) is 18.4 Å². The Morgan fingerprint density at radius 2 is 1.55 bits per heavy atom. The third-order valence-electron chi connectivity index (χ3n) is 3.31. The quantitative estimate of drug-likeness (QED) is 0.891. The van der Waals surface area contributed by atoms with E-state index in [1.807, 2.05) is 60.7 Å². The van der Waals surface area contributed by atoms with Crippen LogP contribution < -0.4 is 10.2 Å². The SMILES string of the molecule is CCC(=O)NCC(=O)N(Cc1ccccc1)c1ccccc1. The molecule has 0 aliphatic heterocycles. The van der Waals surface area contributed by atoms with Gasteiger partial charge in [0.1, 0.15) is 0 Å². The molecule has 0 bridgehead atoms. The lowest BCUT2D eigenvalue weighted by Gasteiger charge is -2.23. The summed E-state index contributed by atoms with van der Waals surface area (Å²) >= 11 is 0. The van der Waals surface area contributed by atoms with Gasteiger partial charge in [0.25, 0.3) is 0 Å². The lowest BCUT2D eigenvalue weighted by molar-refractivity contribution is -0.124. The van der Waals surface area contributed by atoms with Crippen LogP contribution in [0.2, 0.25) is 0 Å². The average molecular weight is 296 g/mol. The van der Waals surface area contributed by atoms with Crippen LogP contribution in [0, 0.1) is 0 Å². The molecule has 0 saturated carbocycles. The van der Waals surface area contributed by atoms with Gasteiger partial charge in [-0.1, -0.05) is 55.5 Å². The zero-order chi connectivity index (χ0) is 15.8. The fourth-order valence-corrected chi connectivity index (χ4v) is 2.09. The van der Waals surface area contributed by atoms with Gasteiger partial charge < -0.3 is 10.2 Å². The van der Waals surface area contributed by atoms with Crippen molar-refractivity contribution in [2.45, 2.75) is 19.9 Å². The number of hydrogen-bond donors (Lipinski definition) is 1. The third kappa shape index (κ3) is 4.45. The van der Waals surface area contributed by atoms with Gasteiger partial charge in [0, 0.05) is 12.1 Å². The molecule has 2 aromatic rings. The van der Waals surface area contributed by atoms with Gasteiger partial charge in [-0.25, -0.2) is 0 Å². The third-order valence-corrected chi connectivity index (χ3v) is 3.31. The molecule has 0 spiro atoms. The molecule has 4 heteroatoms. The van der Waals surface area contributed by atoms with Crippen molar-refractivity contribution >= 4 is 17.5 Å². The van der Waals surface area contributed by atoms with Crippen LogP contribution in [0.3, 0.4) is 0 Å². The second-order valence-electron chi connectivity index (χ2n) is 4.93. The van der Waals surface area contributed by atoms with Crippen molar-refractivity contribution in [1.82, 2.24) is 5.32 Å². The normalized spacial score (nSPS) is 10.0. The zero-order valence-electron chi connectivity index (χ0n) is 12.7. The first-order valence-corrected chi connectivity index (χ1v) is 7.36. The van der Waals surface area contributed by atoms with Crippen molar-refractivity contribution in [3.63, 3.8) is 0 Å². The summed E-state index contributed by atoms with van der Waals surface area (Å²) in [5.41, 5.74) is 1.86. The van der Waals surface area contributed by atoms with Crippen molar-refractivity contribution in [2.75, 3.05) is 11.4 Å². The highest BCUT2D eigenvalue weighted by atomic mass is 16.2. The van der Waals surface area contributed by atoms with Crippen LogP contribution in [0.25, 0.3) is 0 Å². The minimum atomic E-state index is -0.128. The van der Waals surface area contributed by atoms with Gasteiger partial charge in [0.2, 0.25) is 11.8 Å². The van der Waals surface area contributed by atoms with E-state index in [9.17, 15) is 9.59 Å². The lowest BCUT2D eigenvalue weighted by atomic mass is 10.2. The maximum absolute atomic E-state index is 12.5. The van der Waals surface area contributed by atoms with Gasteiger partial charge in [0.15, 0.2) is 0 Å². The Labute approximate surface area is 130 Å². The predicted molar refractivity (Wildman–Crippen MR) is 87.4 cm³/mol. The fraction of sp³-hybridized carbons (Fsp3) is 0.222. The molecule has 0 aromatic heterocycles. The van der Waals surface area contributed by atoms with Crippen LogP contribution in [0.1, 0.15) is 18.9 Å². The van der Waals surface area contributed by atoms with E-state index in [0.29, 0.717) is 13.0 Å². The molecule has 0 radical (unpaired) electrons. The number of hydrogen-bond acceptors (Lipinski definition) is 2. The molecule has 0 atom stereocenters. The summed E-state index contributed by atoms with van der Waals surface area (Å²) in [4.78, 5) is 25.5. The van der Waals surface area contributed by atoms with Crippen molar-refractivity contribution in [3.8, 4) is 0 Å². The topological polar surface area (TPSA) is 49.4 Å². The molecule has 2 rings (SSSR count). The van der Waals surface area contributed by atoms with Crippen LogP contribution >= 0.6 is 0 Å². The Balaban J connectivity index is 2.15. The summed E-state index contributed by atoms with van der Waals surface area (Å²) in [6.07, 6.45) is 0.372. The van der Waals surface area contributed by atoms with E-state index < -0.39 is 0 Å². The van der Waals surface area contributed by atoms with Gasteiger partial charge in [-0.3, -0.25) is 9.59 Å². The Morgan fingerprint density at radius 3 is 2.14 bits per heavy atom. The molecule has 0 aliphatic carbocycles. The first-order valence-electron chi connectivity index (χ1n) is 7.36. The largest absolute Gasteiger partial charge is 0.347 e. The summed E-state index contributed by atoms with van der Waals surface area (Å²) in [5.74, 6) is -0.252. The monoisotopic (exact) mass is 296 g/mol. The van der Waals surface area contributed by atoms with E-state index in [4.69, 9.17) is 0 Å². The van der Waals surface area contributed by atoms with Crippen molar-refractivity contribution in [2.24, 2.45) is 0 Å². The number of rotatable bonds is 6. The molecule has 114 valence electrons. The van der Waals surface area contributed by atoms with Crippen LogP contribution in [-0.2, 0) is 16.1 Å². The number of nitrogens with one attached hydrogen (secondary N) is 1. The maximum atomic E-state index is 12.5. The zero-order valence-corrected chi connectivity index (χ0v) is 12.7. The number of benzene rings is 2. The summed E-state index contributed by atoms with van der Waals surface area (Å²) in [6.45, 7) is 2.25. The number of carbonyl (C=O) groups excluding carboxylic acids is 2. The predicted octanol–water partition coefficient (Wildman–Crippen LogP) is 2.75. The minimum absolute atomic E-state index is 0.00833. The Kier molecular flexibility index (Phi) is 5.72. The highest BCUT2D eigenvalue weighted by Gasteiger charge is 2.16. The molecule has 2 aromatic carbocycles. The molecule has 22 heavy (non-hydrogen) atoms.